The molecule has 0 spiro atoms. The Balaban J connectivity index is 1.99. The molecule has 0 fully saturated rings. The molecule has 0 bridgehead atoms. The lowest BCUT2D eigenvalue weighted by molar-refractivity contribution is 0.415. The third-order valence-electron chi connectivity index (χ3n) is 2.69. The molecule has 19 heavy (non-hydrogen) atoms. The lowest BCUT2D eigenvalue weighted by Crippen LogP contribution is -2.10. The molecular weight excluding hydrogens is 244 g/mol. The van der Waals surface area contributed by atoms with Crippen molar-refractivity contribution < 1.29 is 4.74 Å². The fourth-order valence-corrected chi connectivity index (χ4v) is 1.78. The fraction of sp³-hybridized carbons (Fsp3) is 0.417. The van der Waals surface area contributed by atoms with E-state index in [4.69, 9.17) is 4.74 Å². The van der Waals surface area contributed by atoms with Gasteiger partial charge < -0.3 is 15.4 Å². The Hall–Kier alpha value is -2.31. The second kappa shape index (κ2) is 6.03. The molecule has 2 aromatic heterocycles. The standard InChI is InChI=1S/C12H18N6O/c1-13-11-10(19-3)12(16-8-15-11)14-6-4-9-5-7-18(2)17-9/h5,7-8H,4,6H2,1-3H3,(H2,13,14,15,16). The first-order chi connectivity index (χ1) is 9.24. The average Bonchev–Trinajstić information content (AvgIpc) is 2.84. The quantitative estimate of drug-likeness (QED) is 0.806. The van der Waals surface area contributed by atoms with E-state index in [1.807, 2.05) is 19.3 Å². The maximum atomic E-state index is 5.30. The monoisotopic (exact) mass is 262 g/mol. The molecular formula is C12H18N6O. The average molecular weight is 262 g/mol. The Labute approximate surface area is 112 Å². The maximum Gasteiger partial charge on any atom is 0.204 e. The molecule has 0 amide bonds. The SMILES string of the molecule is CNc1ncnc(NCCc2ccn(C)n2)c1OC. The molecule has 0 unspecified atom stereocenters. The van der Waals surface area contributed by atoms with Crippen LogP contribution in [-0.4, -0.2) is 40.5 Å². The van der Waals surface area contributed by atoms with Crippen LogP contribution in [0, 0.1) is 0 Å². The molecule has 7 nitrogen and oxygen atoms in total. The smallest absolute Gasteiger partial charge is 0.204 e. The lowest BCUT2D eigenvalue weighted by Gasteiger charge is -2.12. The van der Waals surface area contributed by atoms with Crippen molar-refractivity contribution in [2.45, 2.75) is 6.42 Å². The van der Waals surface area contributed by atoms with Crippen LogP contribution in [-0.2, 0) is 13.5 Å². The Morgan fingerprint density at radius 3 is 2.74 bits per heavy atom. The third-order valence-corrected chi connectivity index (χ3v) is 2.69. The lowest BCUT2D eigenvalue weighted by atomic mass is 10.3. The van der Waals surface area contributed by atoms with Gasteiger partial charge in [0.15, 0.2) is 11.6 Å². The maximum absolute atomic E-state index is 5.30. The van der Waals surface area contributed by atoms with E-state index in [1.165, 1.54) is 6.33 Å². The Morgan fingerprint density at radius 1 is 1.32 bits per heavy atom. The molecule has 2 rings (SSSR count). The largest absolute Gasteiger partial charge is 0.490 e. The van der Waals surface area contributed by atoms with E-state index in [0.29, 0.717) is 17.4 Å². The zero-order chi connectivity index (χ0) is 13.7. The van der Waals surface area contributed by atoms with Gasteiger partial charge in [0.1, 0.15) is 6.33 Å². The van der Waals surface area contributed by atoms with Crippen molar-refractivity contribution >= 4 is 11.6 Å². The van der Waals surface area contributed by atoms with Crippen LogP contribution in [0.4, 0.5) is 11.6 Å². The summed E-state index contributed by atoms with van der Waals surface area (Å²) in [6.45, 7) is 0.730. The van der Waals surface area contributed by atoms with Gasteiger partial charge in [-0.1, -0.05) is 0 Å². The van der Waals surface area contributed by atoms with E-state index in [0.717, 1.165) is 18.7 Å². The molecule has 2 aromatic rings. The van der Waals surface area contributed by atoms with E-state index in [1.54, 1.807) is 18.8 Å². The number of methoxy groups -OCH3 is 1. The number of aryl methyl sites for hydroxylation is 1. The number of rotatable bonds is 6. The summed E-state index contributed by atoms with van der Waals surface area (Å²) in [4.78, 5) is 8.28. The summed E-state index contributed by atoms with van der Waals surface area (Å²) in [5, 5.41) is 10.5. The normalized spacial score (nSPS) is 10.3. The minimum atomic E-state index is 0.617. The number of hydrogen-bond donors (Lipinski definition) is 2. The van der Waals surface area contributed by atoms with Gasteiger partial charge in [0.05, 0.1) is 12.8 Å². The van der Waals surface area contributed by atoms with Crippen LogP contribution in [0.1, 0.15) is 5.69 Å². The summed E-state index contributed by atoms with van der Waals surface area (Å²) < 4.78 is 7.10. The molecule has 0 aliphatic rings. The number of nitrogens with one attached hydrogen (secondary N) is 2. The highest BCUT2D eigenvalue weighted by Gasteiger charge is 2.10. The van der Waals surface area contributed by atoms with Crippen molar-refractivity contribution in [3.8, 4) is 5.75 Å². The Morgan fingerprint density at radius 2 is 2.11 bits per heavy atom. The van der Waals surface area contributed by atoms with Gasteiger partial charge in [-0.15, -0.1) is 0 Å². The molecule has 0 saturated carbocycles. The molecule has 0 radical (unpaired) electrons. The number of hydrogen-bond acceptors (Lipinski definition) is 6. The first-order valence-corrected chi connectivity index (χ1v) is 6.03. The molecule has 0 aliphatic carbocycles. The van der Waals surface area contributed by atoms with Crippen molar-refractivity contribution in [3.05, 3.63) is 24.3 Å². The molecule has 0 atom stereocenters. The van der Waals surface area contributed by atoms with Crippen LogP contribution in [0.5, 0.6) is 5.75 Å². The van der Waals surface area contributed by atoms with Crippen molar-refractivity contribution in [1.82, 2.24) is 19.7 Å². The summed E-state index contributed by atoms with van der Waals surface area (Å²) in [6, 6.07) is 2.00. The first kappa shape index (κ1) is 13.1. The predicted octanol–water partition coefficient (Wildman–Crippen LogP) is 0.915. The van der Waals surface area contributed by atoms with Crippen LogP contribution >= 0.6 is 0 Å². The van der Waals surface area contributed by atoms with Gasteiger partial charge in [0.2, 0.25) is 5.75 Å². The fourth-order valence-electron chi connectivity index (χ4n) is 1.78. The van der Waals surface area contributed by atoms with Gasteiger partial charge in [0.25, 0.3) is 0 Å². The molecule has 0 aromatic carbocycles. The highest BCUT2D eigenvalue weighted by Crippen LogP contribution is 2.28. The molecule has 2 N–H and O–H groups in total. The molecule has 0 saturated heterocycles. The molecule has 0 aliphatic heterocycles. The van der Waals surface area contributed by atoms with Crippen LogP contribution in [0.25, 0.3) is 0 Å². The highest BCUT2D eigenvalue weighted by atomic mass is 16.5. The van der Waals surface area contributed by atoms with Crippen LogP contribution in [0.3, 0.4) is 0 Å². The van der Waals surface area contributed by atoms with Crippen LogP contribution in [0.2, 0.25) is 0 Å². The van der Waals surface area contributed by atoms with E-state index >= 15 is 0 Å². The second-order valence-electron chi connectivity index (χ2n) is 4.01. The van der Waals surface area contributed by atoms with Crippen molar-refractivity contribution in [1.29, 1.82) is 0 Å². The minimum Gasteiger partial charge on any atom is -0.490 e. The van der Waals surface area contributed by atoms with Gasteiger partial charge in [-0.05, 0) is 6.07 Å². The van der Waals surface area contributed by atoms with Crippen LogP contribution < -0.4 is 15.4 Å². The third kappa shape index (κ3) is 3.12. The predicted molar refractivity (Wildman–Crippen MR) is 73.5 cm³/mol. The van der Waals surface area contributed by atoms with E-state index in [9.17, 15) is 0 Å². The second-order valence-corrected chi connectivity index (χ2v) is 4.01. The number of ether oxygens (including phenoxy) is 1. The topological polar surface area (TPSA) is 76.9 Å². The molecule has 2 heterocycles. The zero-order valence-corrected chi connectivity index (χ0v) is 11.3. The van der Waals surface area contributed by atoms with Gasteiger partial charge in [-0.25, -0.2) is 9.97 Å². The Bertz CT molecular complexity index is 539. The first-order valence-electron chi connectivity index (χ1n) is 6.03. The van der Waals surface area contributed by atoms with E-state index in [2.05, 4.69) is 25.7 Å². The molecule has 102 valence electrons. The summed E-state index contributed by atoms with van der Waals surface area (Å²) >= 11 is 0. The van der Waals surface area contributed by atoms with Crippen LogP contribution in [0.15, 0.2) is 18.6 Å². The van der Waals surface area contributed by atoms with Crippen molar-refractivity contribution in [3.63, 3.8) is 0 Å². The Kier molecular flexibility index (Phi) is 4.17. The van der Waals surface area contributed by atoms with Gasteiger partial charge >= 0.3 is 0 Å². The van der Waals surface area contributed by atoms with E-state index in [-0.39, 0.29) is 0 Å². The number of nitrogens with zero attached hydrogens (tertiary/aromatic N) is 4. The van der Waals surface area contributed by atoms with Crippen molar-refractivity contribution in [2.75, 3.05) is 31.3 Å². The number of aromatic nitrogens is 4. The van der Waals surface area contributed by atoms with Gasteiger partial charge in [-0.2, -0.15) is 5.10 Å². The molecule has 7 heteroatoms. The number of anilines is 2. The summed E-state index contributed by atoms with van der Waals surface area (Å²) in [5.41, 5.74) is 1.04. The van der Waals surface area contributed by atoms with Gasteiger partial charge in [0, 0.05) is 33.3 Å². The summed E-state index contributed by atoms with van der Waals surface area (Å²) in [7, 11) is 5.30. The van der Waals surface area contributed by atoms with Crippen molar-refractivity contribution in [2.24, 2.45) is 7.05 Å². The van der Waals surface area contributed by atoms with E-state index < -0.39 is 0 Å². The highest BCUT2D eigenvalue weighted by molar-refractivity contribution is 5.63. The minimum absolute atomic E-state index is 0.617. The zero-order valence-electron chi connectivity index (χ0n) is 11.3. The summed E-state index contributed by atoms with van der Waals surface area (Å²) in [6.07, 6.45) is 4.25. The van der Waals surface area contributed by atoms with Gasteiger partial charge in [-0.3, -0.25) is 4.68 Å². The summed E-state index contributed by atoms with van der Waals surface area (Å²) in [5.74, 6) is 1.96.